The van der Waals surface area contributed by atoms with Crippen LogP contribution in [-0.4, -0.2) is 50.9 Å². The summed E-state index contributed by atoms with van der Waals surface area (Å²) in [6, 6.07) is 3.60. The van der Waals surface area contributed by atoms with E-state index < -0.39 is 5.60 Å². The molecule has 7 rings (SSSR count). The second-order valence-electron chi connectivity index (χ2n) is 10.5. The van der Waals surface area contributed by atoms with Gasteiger partial charge >= 0.3 is 6.03 Å². The Morgan fingerprint density at radius 1 is 1.13 bits per heavy atom. The Labute approximate surface area is 176 Å². The molecule has 0 aromatic carbocycles. The SMILES string of the molecule is O=C(N[C@H]1C2CC3CC1C[C@@](O)(C3)C2)N1C2CCC1CC(Oc1ccc(F)cn1)C2. The highest BCUT2D eigenvalue weighted by Gasteiger charge is 2.55. The predicted molar refractivity (Wildman–Crippen MR) is 107 cm³/mol. The zero-order chi connectivity index (χ0) is 20.5. The van der Waals surface area contributed by atoms with Crippen LogP contribution in [0, 0.1) is 23.6 Å². The average Bonchev–Trinajstić information content (AvgIpc) is 2.96. The number of piperidine rings is 1. The van der Waals surface area contributed by atoms with Crippen molar-refractivity contribution >= 4 is 6.03 Å². The molecule has 7 heteroatoms. The van der Waals surface area contributed by atoms with Gasteiger partial charge in [0.15, 0.2) is 0 Å². The lowest BCUT2D eigenvalue weighted by molar-refractivity contribution is -0.137. The van der Waals surface area contributed by atoms with Crippen LogP contribution in [0.4, 0.5) is 9.18 Å². The number of nitrogens with zero attached hydrogens (tertiary/aromatic N) is 2. The van der Waals surface area contributed by atoms with Crippen molar-refractivity contribution in [3.63, 3.8) is 0 Å². The van der Waals surface area contributed by atoms with Crippen LogP contribution >= 0.6 is 0 Å². The van der Waals surface area contributed by atoms with Crippen LogP contribution in [0.1, 0.15) is 57.8 Å². The molecule has 162 valence electrons. The van der Waals surface area contributed by atoms with Gasteiger partial charge in [-0.15, -0.1) is 0 Å². The number of carbonyl (C=O) groups excluding carboxylic acids is 1. The number of urea groups is 1. The number of ether oxygens (including phenoxy) is 1. The number of hydrogen-bond donors (Lipinski definition) is 2. The number of carbonyl (C=O) groups is 1. The van der Waals surface area contributed by atoms with Gasteiger partial charge in [-0.1, -0.05) is 0 Å². The van der Waals surface area contributed by atoms with Gasteiger partial charge in [0.25, 0.3) is 0 Å². The summed E-state index contributed by atoms with van der Waals surface area (Å²) in [5.74, 6) is 1.57. The summed E-state index contributed by atoms with van der Waals surface area (Å²) in [5.41, 5.74) is -0.471. The molecule has 6 fully saturated rings. The summed E-state index contributed by atoms with van der Waals surface area (Å²) in [5, 5.41) is 14.2. The maximum Gasteiger partial charge on any atom is 0.318 e. The van der Waals surface area contributed by atoms with Crippen LogP contribution in [0.3, 0.4) is 0 Å². The van der Waals surface area contributed by atoms with E-state index in [-0.39, 0.29) is 36.1 Å². The molecular formula is C23H30FN3O3. The van der Waals surface area contributed by atoms with E-state index in [2.05, 4.69) is 15.2 Å². The third-order valence-corrected chi connectivity index (χ3v) is 8.44. The first kappa shape index (κ1) is 18.8. The van der Waals surface area contributed by atoms with Crippen molar-refractivity contribution in [1.29, 1.82) is 0 Å². The molecule has 6 bridgehead atoms. The molecule has 2 aliphatic heterocycles. The first-order chi connectivity index (χ1) is 14.5. The van der Waals surface area contributed by atoms with Crippen molar-refractivity contribution in [3.8, 4) is 5.88 Å². The quantitative estimate of drug-likeness (QED) is 0.795. The largest absolute Gasteiger partial charge is 0.474 e. The summed E-state index contributed by atoms with van der Waals surface area (Å²) in [6.45, 7) is 0. The minimum atomic E-state index is -0.471. The number of halogens is 1. The molecule has 0 radical (unpaired) electrons. The summed E-state index contributed by atoms with van der Waals surface area (Å²) >= 11 is 0. The van der Waals surface area contributed by atoms with Gasteiger partial charge in [0.1, 0.15) is 11.9 Å². The van der Waals surface area contributed by atoms with Gasteiger partial charge in [-0.25, -0.2) is 14.2 Å². The molecule has 1 aromatic rings. The molecule has 4 atom stereocenters. The number of amides is 2. The Morgan fingerprint density at radius 2 is 1.83 bits per heavy atom. The lowest BCUT2D eigenvalue weighted by atomic mass is 9.52. The maximum atomic E-state index is 13.3. The van der Waals surface area contributed by atoms with E-state index >= 15 is 0 Å². The summed E-state index contributed by atoms with van der Waals surface area (Å²) in [4.78, 5) is 19.4. The van der Waals surface area contributed by atoms with Gasteiger partial charge in [-0.05, 0) is 68.8 Å². The van der Waals surface area contributed by atoms with Gasteiger partial charge in [0.2, 0.25) is 5.88 Å². The van der Waals surface area contributed by atoms with Crippen molar-refractivity contribution in [1.82, 2.24) is 15.2 Å². The van der Waals surface area contributed by atoms with Crippen molar-refractivity contribution in [2.75, 3.05) is 0 Å². The zero-order valence-corrected chi connectivity index (χ0v) is 17.2. The molecule has 3 heterocycles. The van der Waals surface area contributed by atoms with E-state index in [1.807, 2.05) is 0 Å². The van der Waals surface area contributed by atoms with Crippen molar-refractivity contribution < 1.29 is 19.0 Å². The first-order valence-corrected chi connectivity index (χ1v) is 11.6. The Bertz CT molecular complexity index is 803. The van der Waals surface area contributed by atoms with Crippen LogP contribution < -0.4 is 10.1 Å². The molecule has 2 saturated heterocycles. The standard InChI is InChI=1S/C23H30FN3O3/c24-16-1-4-20(25-12-16)30-19-7-17-2-3-18(8-19)27(17)22(28)26-21-14-5-13-6-15(21)11-23(29,9-13)10-14/h1,4,12-15,17-19,21,29H,2-3,5-11H2,(H,26,28)/t13?,14?,15?,17?,18?,19?,21-,23+. The topological polar surface area (TPSA) is 74.7 Å². The molecule has 4 aliphatic carbocycles. The molecule has 4 unspecified atom stereocenters. The molecular weight excluding hydrogens is 385 g/mol. The maximum absolute atomic E-state index is 13.3. The summed E-state index contributed by atoms with van der Waals surface area (Å²) < 4.78 is 19.1. The molecule has 2 N–H and O–H groups in total. The van der Waals surface area contributed by atoms with E-state index in [1.165, 1.54) is 12.3 Å². The molecule has 6 aliphatic rings. The third kappa shape index (κ3) is 3.17. The summed E-state index contributed by atoms with van der Waals surface area (Å²) in [7, 11) is 0. The van der Waals surface area contributed by atoms with E-state index in [0.717, 1.165) is 57.8 Å². The fourth-order valence-corrected chi connectivity index (χ4v) is 7.59. The molecule has 30 heavy (non-hydrogen) atoms. The minimum Gasteiger partial charge on any atom is -0.474 e. The second-order valence-corrected chi connectivity index (χ2v) is 10.5. The highest BCUT2D eigenvalue weighted by molar-refractivity contribution is 5.76. The van der Waals surface area contributed by atoms with E-state index in [4.69, 9.17) is 4.74 Å². The number of aliphatic hydroxyl groups is 1. The number of rotatable bonds is 3. The number of pyridine rings is 1. The number of fused-ring (bicyclic) bond motifs is 2. The van der Waals surface area contributed by atoms with E-state index in [0.29, 0.717) is 23.6 Å². The van der Waals surface area contributed by atoms with Crippen LogP contribution in [-0.2, 0) is 0 Å². The molecule has 6 nitrogen and oxygen atoms in total. The smallest absolute Gasteiger partial charge is 0.318 e. The van der Waals surface area contributed by atoms with Gasteiger partial charge in [0, 0.05) is 37.0 Å². The van der Waals surface area contributed by atoms with Crippen molar-refractivity contribution in [3.05, 3.63) is 24.1 Å². The van der Waals surface area contributed by atoms with Crippen LogP contribution in [0.2, 0.25) is 0 Å². The Hall–Kier alpha value is -1.89. The van der Waals surface area contributed by atoms with E-state index in [9.17, 15) is 14.3 Å². The third-order valence-electron chi connectivity index (χ3n) is 8.44. The fraction of sp³-hybridized carbons (Fsp3) is 0.739. The summed E-state index contributed by atoms with van der Waals surface area (Å²) in [6.07, 6.45) is 9.74. The minimum absolute atomic E-state index is 0.0138. The Morgan fingerprint density at radius 3 is 2.43 bits per heavy atom. The van der Waals surface area contributed by atoms with Gasteiger partial charge < -0.3 is 20.1 Å². The van der Waals surface area contributed by atoms with Crippen LogP contribution in [0.5, 0.6) is 5.88 Å². The highest BCUT2D eigenvalue weighted by Crippen LogP contribution is 2.55. The second kappa shape index (κ2) is 6.81. The predicted octanol–water partition coefficient (Wildman–Crippen LogP) is 3.24. The van der Waals surface area contributed by atoms with Crippen molar-refractivity contribution in [2.45, 2.75) is 87.6 Å². The van der Waals surface area contributed by atoms with E-state index in [1.54, 1.807) is 6.07 Å². The van der Waals surface area contributed by atoms with Gasteiger partial charge in [-0.3, -0.25) is 0 Å². The lowest BCUT2D eigenvalue weighted by Crippen LogP contribution is -2.64. The fourth-order valence-electron chi connectivity index (χ4n) is 7.59. The number of aromatic nitrogens is 1. The Kier molecular flexibility index (Phi) is 4.28. The van der Waals surface area contributed by atoms with Crippen molar-refractivity contribution in [2.24, 2.45) is 17.8 Å². The van der Waals surface area contributed by atoms with Gasteiger partial charge in [-0.2, -0.15) is 0 Å². The first-order valence-electron chi connectivity index (χ1n) is 11.6. The Balaban J connectivity index is 1.10. The monoisotopic (exact) mass is 415 g/mol. The molecule has 1 aromatic heterocycles. The number of nitrogens with one attached hydrogen (secondary N) is 1. The average molecular weight is 416 g/mol. The molecule has 2 amide bonds. The number of hydrogen-bond acceptors (Lipinski definition) is 4. The van der Waals surface area contributed by atoms with Crippen LogP contribution in [0.15, 0.2) is 18.3 Å². The van der Waals surface area contributed by atoms with Crippen LogP contribution in [0.25, 0.3) is 0 Å². The lowest BCUT2D eigenvalue weighted by Gasteiger charge is -2.58. The zero-order valence-electron chi connectivity index (χ0n) is 17.2. The molecule has 0 spiro atoms. The highest BCUT2D eigenvalue weighted by atomic mass is 19.1. The normalized spacial score (nSPS) is 43.7. The molecule has 4 saturated carbocycles. The van der Waals surface area contributed by atoms with Gasteiger partial charge in [0.05, 0.1) is 11.8 Å².